The van der Waals surface area contributed by atoms with Gasteiger partial charge in [-0.2, -0.15) is 0 Å². The van der Waals surface area contributed by atoms with Gasteiger partial charge >= 0.3 is 0 Å². The normalized spacial score (nSPS) is 33.2. The number of rotatable bonds is 6. The minimum absolute atomic E-state index is 0.669. The van der Waals surface area contributed by atoms with Crippen LogP contribution in [-0.4, -0.2) is 49.8 Å². The third-order valence-electron chi connectivity index (χ3n) is 4.78. The third-order valence-corrected chi connectivity index (χ3v) is 4.78. The molecule has 0 amide bonds. The lowest BCUT2D eigenvalue weighted by molar-refractivity contribution is 0.0122. The molecule has 112 valence electrons. The molecule has 2 aliphatic rings. The van der Waals surface area contributed by atoms with Gasteiger partial charge in [0.05, 0.1) is 6.61 Å². The zero-order chi connectivity index (χ0) is 13.7. The summed E-state index contributed by atoms with van der Waals surface area (Å²) in [5.74, 6) is 1.47. The number of likely N-dealkylation sites (tertiary alicyclic amines) is 1. The summed E-state index contributed by atoms with van der Waals surface area (Å²) in [6, 6.07) is 1.47. The van der Waals surface area contributed by atoms with Crippen LogP contribution in [0.4, 0.5) is 0 Å². The molecular weight excluding hydrogens is 236 g/mol. The highest BCUT2D eigenvalue weighted by Gasteiger charge is 2.32. The molecule has 3 atom stereocenters. The van der Waals surface area contributed by atoms with Crippen LogP contribution in [0.3, 0.4) is 0 Å². The van der Waals surface area contributed by atoms with Crippen molar-refractivity contribution in [1.82, 2.24) is 10.2 Å². The highest BCUT2D eigenvalue weighted by atomic mass is 16.5. The lowest BCUT2D eigenvalue weighted by atomic mass is 9.93. The van der Waals surface area contributed by atoms with Crippen LogP contribution in [0.2, 0.25) is 0 Å². The lowest BCUT2D eigenvalue weighted by Gasteiger charge is -2.37. The van der Waals surface area contributed by atoms with E-state index in [0.717, 1.165) is 31.7 Å². The molecule has 0 bridgehead atoms. The smallest absolute Gasteiger partial charge is 0.0521 e. The molecule has 0 aromatic heterocycles. The van der Waals surface area contributed by atoms with E-state index in [9.17, 15) is 0 Å². The van der Waals surface area contributed by atoms with Crippen molar-refractivity contribution in [2.75, 3.05) is 32.8 Å². The first-order valence-electron chi connectivity index (χ1n) is 8.27. The number of ether oxygens (including phenoxy) is 1. The zero-order valence-corrected chi connectivity index (χ0v) is 13.0. The van der Waals surface area contributed by atoms with Crippen molar-refractivity contribution < 1.29 is 4.74 Å². The molecule has 0 spiro atoms. The van der Waals surface area contributed by atoms with Gasteiger partial charge in [-0.25, -0.2) is 0 Å². The molecule has 0 saturated carbocycles. The average molecular weight is 268 g/mol. The fourth-order valence-corrected chi connectivity index (χ4v) is 3.71. The molecular formula is C16H32N2O. The molecule has 1 N–H and O–H groups in total. The second-order valence-electron chi connectivity index (χ2n) is 6.63. The van der Waals surface area contributed by atoms with Crippen LogP contribution >= 0.6 is 0 Å². The second-order valence-corrected chi connectivity index (χ2v) is 6.63. The van der Waals surface area contributed by atoms with Crippen LogP contribution in [-0.2, 0) is 4.74 Å². The maximum absolute atomic E-state index is 5.73. The molecule has 0 aliphatic carbocycles. The van der Waals surface area contributed by atoms with Crippen molar-refractivity contribution in [3.8, 4) is 0 Å². The quantitative estimate of drug-likeness (QED) is 0.801. The van der Waals surface area contributed by atoms with E-state index >= 15 is 0 Å². The number of nitrogens with one attached hydrogen (secondary N) is 1. The van der Waals surface area contributed by atoms with E-state index in [0.29, 0.717) is 12.0 Å². The Bertz CT molecular complexity index is 257. The maximum Gasteiger partial charge on any atom is 0.0521 e. The number of hydrogen-bond acceptors (Lipinski definition) is 3. The van der Waals surface area contributed by atoms with Gasteiger partial charge in [0.15, 0.2) is 0 Å². The van der Waals surface area contributed by atoms with Crippen molar-refractivity contribution in [2.24, 2.45) is 11.8 Å². The zero-order valence-electron chi connectivity index (χ0n) is 13.0. The Labute approximate surface area is 119 Å². The summed E-state index contributed by atoms with van der Waals surface area (Å²) in [5.41, 5.74) is 0. The van der Waals surface area contributed by atoms with E-state index in [1.165, 1.54) is 38.8 Å². The third kappa shape index (κ3) is 4.17. The van der Waals surface area contributed by atoms with Crippen molar-refractivity contribution in [3.63, 3.8) is 0 Å². The molecule has 3 heteroatoms. The Kier molecular flexibility index (Phi) is 6.11. The summed E-state index contributed by atoms with van der Waals surface area (Å²) in [6.45, 7) is 12.5. The van der Waals surface area contributed by atoms with Crippen LogP contribution in [0, 0.1) is 11.8 Å². The monoisotopic (exact) mass is 268 g/mol. The molecule has 0 radical (unpaired) electrons. The number of nitrogens with zero attached hydrogens (tertiary/aromatic N) is 1. The van der Waals surface area contributed by atoms with Crippen LogP contribution in [0.5, 0.6) is 0 Å². The summed E-state index contributed by atoms with van der Waals surface area (Å²) in [4.78, 5) is 2.73. The molecule has 3 nitrogen and oxygen atoms in total. The van der Waals surface area contributed by atoms with Gasteiger partial charge in [0.2, 0.25) is 0 Å². The summed E-state index contributed by atoms with van der Waals surface area (Å²) in [6.07, 6.45) is 5.18. The first-order valence-corrected chi connectivity index (χ1v) is 8.27. The van der Waals surface area contributed by atoms with Gasteiger partial charge in [-0.1, -0.05) is 20.8 Å². The predicted octanol–water partition coefficient (Wildman–Crippen LogP) is 2.51. The summed E-state index contributed by atoms with van der Waals surface area (Å²) >= 11 is 0. The molecule has 0 aromatic carbocycles. The number of hydrogen-bond donors (Lipinski definition) is 1. The lowest BCUT2D eigenvalue weighted by Crippen LogP contribution is -2.49. The molecule has 0 aromatic rings. The van der Waals surface area contributed by atoms with E-state index in [-0.39, 0.29) is 0 Å². The van der Waals surface area contributed by atoms with Gasteiger partial charge in [-0.15, -0.1) is 0 Å². The standard InChI is InChI=1S/C16H32N2O/c1-4-8-17-15-7-10-19-12-14(15)11-18-9-5-6-16(18)13(2)3/h13-17H,4-12H2,1-3H3. The first-order chi connectivity index (χ1) is 9.22. The molecule has 2 aliphatic heterocycles. The second kappa shape index (κ2) is 7.61. The Balaban J connectivity index is 1.87. The molecule has 2 rings (SSSR count). The fraction of sp³-hybridized carbons (Fsp3) is 1.00. The van der Waals surface area contributed by atoms with Gasteiger partial charge in [0.1, 0.15) is 0 Å². The SMILES string of the molecule is CCCNC1CCOCC1CN1CCCC1C(C)C. The highest BCUT2D eigenvalue weighted by Crippen LogP contribution is 2.26. The minimum Gasteiger partial charge on any atom is -0.381 e. The molecule has 2 heterocycles. The van der Waals surface area contributed by atoms with Crippen LogP contribution < -0.4 is 5.32 Å². The Morgan fingerprint density at radius 1 is 1.32 bits per heavy atom. The van der Waals surface area contributed by atoms with Crippen molar-refractivity contribution in [1.29, 1.82) is 0 Å². The van der Waals surface area contributed by atoms with E-state index in [1.807, 2.05) is 0 Å². The van der Waals surface area contributed by atoms with Gasteiger partial charge in [0, 0.05) is 31.2 Å². The maximum atomic E-state index is 5.73. The van der Waals surface area contributed by atoms with Crippen molar-refractivity contribution in [2.45, 2.75) is 58.5 Å². The summed E-state index contributed by atoms with van der Waals surface area (Å²) in [7, 11) is 0. The van der Waals surface area contributed by atoms with Gasteiger partial charge < -0.3 is 10.1 Å². The molecule has 3 unspecified atom stereocenters. The van der Waals surface area contributed by atoms with Crippen LogP contribution in [0.1, 0.15) is 46.5 Å². The Morgan fingerprint density at radius 3 is 2.89 bits per heavy atom. The predicted molar refractivity (Wildman–Crippen MR) is 80.4 cm³/mol. The van der Waals surface area contributed by atoms with Gasteiger partial charge in [0.25, 0.3) is 0 Å². The van der Waals surface area contributed by atoms with Gasteiger partial charge in [-0.3, -0.25) is 4.90 Å². The Hall–Kier alpha value is -0.120. The van der Waals surface area contributed by atoms with Crippen molar-refractivity contribution >= 4 is 0 Å². The minimum atomic E-state index is 0.669. The molecule has 2 saturated heterocycles. The highest BCUT2D eigenvalue weighted by molar-refractivity contribution is 4.87. The first kappa shape index (κ1) is 15.3. The van der Waals surface area contributed by atoms with Crippen molar-refractivity contribution in [3.05, 3.63) is 0 Å². The largest absolute Gasteiger partial charge is 0.381 e. The van der Waals surface area contributed by atoms with E-state index in [2.05, 4.69) is 31.0 Å². The Morgan fingerprint density at radius 2 is 2.16 bits per heavy atom. The van der Waals surface area contributed by atoms with E-state index in [1.54, 1.807) is 0 Å². The summed E-state index contributed by atoms with van der Waals surface area (Å²) < 4.78 is 5.73. The topological polar surface area (TPSA) is 24.5 Å². The van der Waals surface area contributed by atoms with E-state index < -0.39 is 0 Å². The van der Waals surface area contributed by atoms with Crippen LogP contribution in [0.25, 0.3) is 0 Å². The van der Waals surface area contributed by atoms with E-state index in [4.69, 9.17) is 4.74 Å². The average Bonchev–Trinajstić information content (AvgIpc) is 2.86. The molecule has 19 heavy (non-hydrogen) atoms. The van der Waals surface area contributed by atoms with Gasteiger partial charge in [-0.05, 0) is 44.7 Å². The van der Waals surface area contributed by atoms with Crippen LogP contribution in [0.15, 0.2) is 0 Å². The molecule has 2 fully saturated rings. The fourth-order valence-electron chi connectivity index (χ4n) is 3.71. The summed E-state index contributed by atoms with van der Waals surface area (Å²) in [5, 5.41) is 3.73.